The lowest BCUT2D eigenvalue weighted by atomic mass is 10.0. The topological polar surface area (TPSA) is 12.0 Å². The highest BCUT2D eigenvalue weighted by Crippen LogP contribution is 2.29. The number of nitrogens with one attached hydrogen (secondary N) is 1. The van der Waals surface area contributed by atoms with E-state index < -0.39 is 0 Å². The monoisotopic (exact) mass is 439 g/mol. The molecule has 0 spiro atoms. The largest absolute Gasteiger partial charge is 0.310 e. The van der Waals surface area contributed by atoms with Gasteiger partial charge in [-0.3, -0.25) is 0 Å². The van der Waals surface area contributed by atoms with E-state index >= 15 is 0 Å². The second-order valence-corrected chi connectivity index (χ2v) is 8.28. The number of thiophene rings is 1. The fourth-order valence-electron chi connectivity index (χ4n) is 2.04. The molecule has 0 fully saturated rings. The van der Waals surface area contributed by atoms with E-state index in [0.717, 1.165) is 30.0 Å². The highest BCUT2D eigenvalue weighted by Gasteiger charge is 2.15. The molecule has 108 valence electrons. The number of hydrogen-bond donors (Lipinski definition) is 1. The van der Waals surface area contributed by atoms with E-state index in [9.17, 15) is 0 Å². The summed E-state index contributed by atoms with van der Waals surface area (Å²) < 4.78 is 1.31. The molecule has 0 radical (unpaired) electrons. The zero-order chi connectivity index (χ0) is 14.5. The lowest BCUT2D eigenvalue weighted by molar-refractivity contribution is 0.530. The van der Waals surface area contributed by atoms with Gasteiger partial charge in [0.2, 0.25) is 0 Å². The molecule has 1 heterocycles. The van der Waals surface area contributed by atoms with E-state index in [-0.39, 0.29) is 0 Å². The van der Waals surface area contributed by atoms with Crippen molar-refractivity contribution in [2.24, 2.45) is 0 Å². The van der Waals surface area contributed by atoms with Gasteiger partial charge in [-0.1, -0.05) is 36.2 Å². The van der Waals surface area contributed by atoms with Gasteiger partial charge < -0.3 is 5.32 Å². The molecule has 1 N–H and O–H groups in total. The smallest absolute Gasteiger partial charge is 0.0656 e. The van der Waals surface area contributed by atoms with Crippen molar-refractivity contribution in [1.29, 1.82) is 0 Å². The number of hydrogen-bond acceptors (Lipinski definition) is 2. The summed E-state index contributed by atoms with van der Waals surface area (Å²) in [7, 11) is 0. The van der Waals surface area contributed by atoms with Crippen LogP contribution >= 0.6 is 57.1 Å². The van der Waals surface area contributed by atoms with Crippen molar-refractivity contribution in [3.05, 3.63) is 53.7 Å². The second-order valence-electron chi connectivity index (χ2n) is 4.63. The Kier molecular flexibility index (Phi) is 6.62. The van der Waals surface area contributed by atoms with Crippen molar-refractivity contribution in [3.8, 4) is 0 Å². The highest BCUT2D eigenvalue weighted by molar-refractivity contribution is 14.1. The molecule has 0 aliphatic rings. The van der Waals surface area contributed by atoms with Crippen molar-refractivity contribution in [2.45, 2.75) is 25.8 Å². The third kappa shape index (κ3) is 4.60. The first-order valence-corrected chi connectivity index (χ1v) is 9.22. The third-order valence-electron chi connectivity index (χ3n) is 3.07. The molecule has 1 unspecified atom stereocenters. The molecule has 1 nitrogen and oxygen atoms in total. The SMILES string of the molecule is CCCNC(Cc1ccc(Cl)cc1Cl)c1csc(I)c1. The lowest BCUT2D eigenvalue weighted by Crippen LogP contribution is -2.23. The van der Waals surface area contributed by atoms with Gasteiger partial charge >= 0.3 is 0 Å². The quantitative estimate of drug-likeness (QED) is 0.549. The van der Waals surface area contributed by atoms with E-state index in [4.69, 9.17) is 23.2 Å². The minimum atomic E-state index is 0.299. The number of halogens is 3. The van der Waals surface area contributed by atoms with Crippen LogP contribution in [0.25, 0.3) is 0 Å². The van der Waals surface area contributed by atoms with Gasteiger partial charge in [0.05, 0.1) is 2.88 Å². The van der Waals surface area contributed by atoms with Crippen LogP contribution in [0.4, 0.5) is 0 Å². The van der Waals surface area contributed by atoms with E-state index in [0.29, 0.717) is 11.1 Å². The molecule has 2 aromatic rings. The van der Waals surface area contributed by atoms with Gasteiger partial charge in [-0.25, -0.2) is 0 Å². The third-order valence-corrected chi connectivity index (χ3v) is 5.46. The van der Waals surface area contributed by atoms with Crippen molar-refractivity contribution >= 4 is 57.1 Å². The lowest BCUT2D eigenvalue weighted by Gasteiger charge is -2.18. The average molecular weight is 440 g/mol. The molecule has 0 amide bonds. The van der Waals surface area contributed by atoms with Crippen LogP contribution in [-0.4, -0.2) is 6.54 Å². The van der Waals surface area contributed by atoms with Crippen molar-refractivity contribution < 1.29 is 0 Å². The second kappa shape index (κ2) is 7.99. The molecule has 20 heavy (non-hydrogen) atoms. The summed E-state index contributed by atoms with van der Waals surface area (Å²) in [5, 5.41) is 7.25. The van der Waals surface area contributed by atoms with Crippen molar-refractivity contribution in [1.82, 2.24) is 5.32 Å². The van der Waals surface area contributed by atoms with Crippen LogP contribution in [-0.2, 0) is 6.42 Å². The van der Waals surface area contributed by atoms with E-state index in [1.165, 1.54) is 8.45 Å². The fourth-order valence-corrected chi connectivity index (χ4v) is 3.95. The van der Waals surface area contributed by atoms with Gasteiger partial charge in [0, 0.05) is 16.1 Å². The average Bonchev–Trinajstić information content (AvgIpc) is 2.83. The molecule has 2 rings (SSSR count). The minimum Gasteiger partial charge on any atom is -0.310 e. The standard InChI is InChI=1S/C15H16Cl2INS/c1-2-5-19-14(11-7-15(18)20-9-11)6-10-3-4-12(16)8-13(10)17/h3-4,7-9,14,19H,2,5-6H2,1H3. The Morgan fingerprint density at radius 3 is 2.70 bits per heavy atom. The van der Waals surface area contributed by atoms with Crippen LogP contribution in [0.5, 0.6) is 0 Å². The number of rotatable bonds is 6. The molecule has 1 aromatic carbocycles. The molecule has 0 bridgehead atoms. The summed E-state index contributed by atoms with van der Waals surface area (Å²) in [6, 6.07) is 8.27. The Hall–Kier alpha value is 0.190. The summed E-state index contributed by atoms with van der Waals surface area (Å²) >= 11 is 16.4. The van der Waals surface area contributed by atoms with Crippen LogP contribution in [0, 0.1) is 2.88 Å². The van der Waals surface area contributed by atoms with Gasteiger partial charge in [0.1, 0.15) is 0 Å². The van der Waals surface area contributed by atoms with Crippen LogP contribution in [0.3, 0.4) is 0 Å². The van der Waals surface area contributed by atoms with Gasteiger partial charge in [-0.05, 0) is 76.7 Å². The molecule has 0 aliphatic heterocycles. The normalized spacial score (nSPS) is 12.6. The summed E-state index contributed by atoms with van der Waals surface area (Å²) in [5.74, 6) is 0. The molecular formula is C15H16Cl2INS. The Morgan fingerprint density at radius 1 is 1.30 bits per heavy atom. The molecule has 5 heteroatoms. The molecule has 0 saturated heterocycles. The number of benzene rings is 1. The molecule has 1 aromatic heterocycles. The Morgan fingerprint density at radius 2 is 2.10 bits per heavy atom. The molecular weight excluding hydrogens is 424 g/mol. The predicted octanol–water partition coefficient (Wildman–Crippen LogP) is 5.94. The first kappa shape index (κ1) is 16.6. The van der Waals surface area contributed by atoms with Gasteiger partial charge in [-0.15, -0.1) is 11.3 Å². The van der Waals surface area contributed by atoms with Crippen molar-refractivity contribution in [3.63, 3.8) is 0 Å². The summed E-state index contributed by atoms with van der Waals surface area (Å²) in [6.45, 7) is 3.18. The fraction of sp³-hybridized carbons (Fsp3) is 0.333. The van der Waals surface area contributed by atoms with Gasteiger partial charge in [0.15, 0.2) is 0 Å². The predicted molar refractivity (Wildman–Crippen MR) is 98.2 cm³/mol. The zero-order valence-corrected chi connectivity index (χ0v) is 15.6. The maximum absolute atomic E-state index is 6.29. The van der Waals surface area contributed by atoms with Gasteiger partial charge in [0.25, 0.3) is 0 Å². The minimum absolute atomic E-state index is 0.299. The van der Waals surface area contributed by atoms with Crippen LogP contribution in [0.15, 0.2) is 29.6 Å². The first-order chi connectivity index (χ1) is 9.60. The zero-order valence-electron chi connectivity index (χ0n) is 11.1. The molecule has 0 aliphatic carbocycles. The highest BCUT2D eigenvalue weighted by atomic mass is 127. The summed E-state index contributed by atoms with van der Waals surface area (Å²) in [5.41, 5.74) is 2.46. The van der Waals surface area contributed by atoms with E-state index in [1.54, 1.807) is 11.3 Å². The molecule has 1 atom stereocenters. The Bertz CT molecular complexity index is 571. The first-order valence-electron chi connectivity index (χ1n) is 6.51. The van der Waals surface area contributed by atoms with E-state index in [1.807, 2.05) is 18.2 Å². The summed E-state index contributed by atoms with van der Waals surface area (Å²) in [6.07, 6.45) is 1.99. The Balaban J connectivity index is 2.18. The van der Waals surface area contributed by atoms with Gasteiger partial charge in [-0.2, -0.15) is 0 Å². The molecule has 0 saturated carbocycles. The maximum Gasteiger partial charge on any atom is 0.0656 e. The Labute approximate surface area is 147 Å². The van der Waals surface area contributed by atoms with Crippen LogP contribution in [0.2, 0.25) is 10.0 Å². The van der Waals surface area contributed by atoms with Crippen molar-refractivity contribution in [2.75, 3.05) is 6.54 Å². The van der Waals surface area contributed by atoms with Crippen LogP contribution in [0.1, 0.15) is 30.5 Å². The van der Waals surface area contributed by atoms with E-state index in [2.05, 4.69) is 46.3 Å². The summed E-state index contributed by atoms with van der Waals surface area (Å²) in [4.78, 5) is 0. The maximum atomic E-state index is 6.29. The van der Waals surface area contributed by atoms with Crippen LogP contribution < -0.4 is 5.32 Å².